The molecule has 4 atom stereocenters. The van der Waals surface area contributed by atoms with Crippen LogP contribution in [-0.2, 0) is 0 Å². The van der Waals surface area contributed by atoms with E-state index in [1.54, 1.807) is 0 Å². The fourth-order valence-electron chi connectivity index (χ4n) is 3.45. The maximum Gasteiger partial charge on any atom is 0.0175 e. The quantitative estimate of drug-likeness (QED) is 0.707. The number of fused-ring (bicyclic) bond motifs is 2. The monoisotopic (exact) mass is 273 g/mol. The SMILES string of the molecule is CCC(C)C(C)N1C2CCC1CC(Br)C2. The van der Waals surface area contributed by atoms with E-state index in [2.05, 4.69) is 41.6 Å². The van der Waals surface area contributed by atoms with Crippen molar-refractivity contribution in [3.05, 3.63) is 0 Å². The van der Waals surface area contributed by atoms with Crippen LogP contribution in [0, 0.1) is 5.92 Å². The summed E-state index contributed by atoms with van der Waals surface area (Å²) in [7, 11) is 0. The summed E-state index contributed by atoms with van der Waals surface area (Å²) in [5.74, 6) is 0.847. The second kappa shape index (κ2) is 4.75. The van der Waals surface area contributed by atoms with Gasteiger partial charge >= 0.3 is 0 Å². The van der Waals surface area contributed by atoms with E-state index in [0.29, 0.717) is 0 Å². The molecule has 0 aliphatic carbocycles. The zero-order valence-electron chi connectivity index (χ0n) is 10.2. The molecule has 0 aromatic rings. The number of alkyl halides is 1. The van der Waals surface area contributed by atoms with Crippen LogP contribution in [0.3, 0.4) is 0 Å². The smallest absolute Gasteiger partial charge is 0.0175 e. The molecule has 15 heavy (non-hydrogen) atoms. The van der Waals surface area contributed by atoms with Crippen molar-refractivity contribution in [3.8, 4) is 0 Å². The second-order valence-corrected chi connectivity index (χ2v) is 6.82. The van der Waals surface area contributed by atoms with Gasteiger partial charge in [-0.2, -0.15) is 0 Å². The molecule has 2 aliphatic heterocycles. The number of hydrogen-bond donors (Lipinski definition) is 0. The summed E-state index contributed by atoms with van der Waals surface area (Å²) in [5.41, 5.74) is 0. The fourth-order valence-corrected chi connectivity index (χ4v) is 4.31. The molecule has 1 nitrogen and oxygen atoms in total. The Hall–Kier alpha value is 0.440. The number of halogens is 1. The van der Waals surface area contributed by atoms with Crippen molar-refractivity contribution in [1.29, 1.82) is 0 Å². The molecule has 2 rings (SSSR count). The van der Waals surface area contributed by atoms with Crippen molar-refractivity contribution in [1.82, 2.24) is 4.90 Å². The van der Waals surface area contributed by atoms with Crippen LogP contribution in [0.15, 0.2) is 0 Å². The second-order valence-electron chi connectivity index (χ2n) is 5.53. The van der Waals surface area contributed by atoms with Crippen LogP contribution in [0.4, 0.5) is 0 Å². The van der Waals surface area contributed by atoms with Gasteiger partial charge in [0.15, 0.2) is 0 Å². The number of piperidine rings is 1. The van der Waals surface area contributed by atoms with E-state index in [9.17, 15) is 0 Å². The van der Waals surface area contributed by atoms with Gasteiger partial charge in [-0.25, -0.2) is 0 Å². The molecule has 0 N–H and O–H groups in total. The first-order valence-corrected chi connectivity index (χ1v) is 7.46. The predicted octanol–water partition coefficient (Wildman–Crippen LogP) is 3.81. The van der Waals surface area contributed by atoms with Crippen molar-refractivity contribution < 1.29 is 0 Å². The first-order chi connectivity index (χ1) is 7.13. The molecule has 0 aromatic heterocycles. The van der Waals surface area contributed by atoms with Crippen LogP contribution in [0.1, 0.15) is 52.9 Å². The normalized spacial score (nSPS) is 40.4. The van der Waals surface area contributed by atoms with Gasteiger partial charge in [-0.1, -0.05) is 36.2 Å². The van der Waals surface area contributed by atoms with Crippen LogP contribution in [0.2, 0.25) is 0 Å². The van der Waals surface area contributed by atoms with Crippen LogP contribution in [0.25, 0.3) is 0 Å². The Morgan fingerprint density at radius 1 is 1.20 bits per heavy atom. The molecular weight excluding hydrogens is 250 g/mol. The third kappa shape index (κ3) is 2.26. The highest BCUT2D eigenvalue weighted by atomic mass is 79.9. The van der Waals surface area contributed by atoms with Crippen molar-refractivity contribution in [2.45, 2.75) is 75.8 Å². The van der Waals surface area contributed by atoms with Crippen LogP contribution in [-0.4, -0.2) is 27.9 Å². The highest BCUT2D eigenvalue weighted by Crippen LogP contribution is 2.41. The van der Waals surface area contributed by atoms with Crippen molar-refractivity contribution in [3.63, 3.8) is 0 Å². The third-order valence-electron chi connectivity index (χ3n) is 4.67. The minimum atomic E-state index is 0.785. The third-order valence-corrected chi connectivity index (χ3v) is 5.42. The fraction of sp³-hybridized carbons (Fsp3) is 1.00. The topological polar surface area (TPSA) is 3.24 Å². The number of nitrogens with zero attached hydrogens (tertiary/aromatic N) is 1. The molecule has 0 radical (unpaired) electrons. The average Bonchev–Trinajstić information content (AvgIpc) is 2.49. The standard InChI is InChI=1S/C13H24BrN/c1-4-9(2)10(3)15-12-5-6-13(15)8-11(14)7-12/h9-13H,4-8H2,1-3H3. The molecule has 0 amide bonds. The summed E-state index contributed by atoms with van der Waals surface area (Å²) in [6, 6.07) is 2.53. The first kappa shape index (κ1) is 11.9. The average molecular weight is 274 g/mol. The molecular formula is C13H24BrN. The van der Waals surface area contributed by atoms with E-state index in [-0.39, 0.29) is 0 Å². The van der Waals surface area contributed by atoms with E-state index >= 15 is 0 Å². The molecule has 0 saturated carbocycles. The Kier molecular flexibility index (Phi) is 3.77. The van der Waals surface area contributed by atoms with Gasteiger partial charge in [-0.05, 0) is 38.5 Å². The van der Waals surface area contributed by atoms with Crippen molar-refractivity contribution >= 4 is 15.9 Å². The van der Waals surface area contributed by atoms with Crippen LogP contribution in [0.5, 0.6) is 0 Å². The lowest BCUT2D eigenvalue weighted by Gasteiger charge is -2.43. The van der Waals surface area contributed by atoms with Gasteiger partial charge in [0.1, 0.15) is 0 Å². The summed E-state index contributed by atoms with van der Waals surface area (Å²) in [4.78, 5) is 3.63. The highest BCUT2D eigenvalue weighted by Gasteiger charge is 2.42. The Bertz CT molecular complexity index is 205. The van der Waals surface area contributed by atoms with Gasteiger partial charge < -0.3 is 0 Å². The van der Waals surface area contributed by atoms with Crippen LogP contribution < -0.4 is 0 Å². The van der Waals surface area contributed by atoms with Gasteiger partial charge in [-0.15, -0.1) is 0 Å². The molecule has 2 heteroatoms. The van der Waals surface area contributed by atoms with Crippen molar-refractivity contribution in [2.75, 3.05) is 0 Å². The zero-order chi connectivity index (χ0) is 11.0. The summed E-state index contributed by atoms with van der Waals surface area (Å²) in [6.45, 7) is 7.17. The minimum absolute atomic E-state index is 0.785. The van der Waals surface area contributed by atoms with Crippen LogP contribution >= 0.6 is 15.9 Å². The maximum absolute atomic E-state index is 3.81. The van der Waals surface area contributed by atoms with Gasteiger partial charge in [0.25, 0.3) is 0 Å². The molecule has 2 fully saturated rings. The maximum atomic E-state index is 3.81. The molecule has 2 saturated heterocycles. The van der Waals surface area contributed by atoms with Gasteiger partial charge in [0.2, 0.25) is 0 Å². The molecule has 4 unspecified atom stereocenters. The van der Waals surface area contributed by atoms with Gasteiger partial charge in [0.05, 0.1) is 0 Å². The lowest BCUT2D eigenvalue weighted by atomic mass is 9.93. The van der Waals surface area contributed by atoms with Gasteiger partial charge in [-0.3, -0.25) is 4.90 Å². The Labute approximate surface area is 103 Å². The van der Waals surface area contributed by atoms with E-state index in [4.69, 9.17) is 0 Å². The molecule has 2 heterocycles. The lowest BCUT2D eigenvalue weighted by molar-refractivity contribution is 0.0696. The Morgan fingerprint density at radius 3 is 2.20 bits per heavy atom. The predicted molar refractivity (Wildman–Crippen MR) is 69.5 cm³/mol. The lowest BCUT2D eigenvalue weighted by Crippen LogP contribution is -2.50. The highest BCUT2D eigenvalue weighted by molar-refractivity contribution is 9.09. The summed E-state index contributed by atoms with van der Waals surface area (Å²) >= 11 is 3.81. The van der Waals surface area contributed by atoms with E-state index in [0.717, 1.165) is 28.9 Å². The summed E-state index contributed by atoms with van der Waals surface area (Å²) in [5, 5.41) is 0. The summed E-state index contributed by atoms with van der Waals surface area (Å²) in [6.07, 6.45) is 6.93. The Balaban J connectivity index is 2.04. The van der Waals surface area contributed by atoms with E-state index in [1.165, 1.54) is 32.1 Å². The minimum Gasteiger partial charge on any atom is -0.294 e. The Morgan fingerprint density at radius 2 is 1.73 bits per heavy atom. The molecule has 0 aromatic carbocycles. The zero-order valence-corrected chi connectivity index (χ0v) is 11.8. The number of rotatable bonds is 3. The van der Waals surface area contributed by atoms with Crippen molar-refractivity contribution in [2.24, 2.45) is 5.92 Å². The van der Waals surface area contributed by atoms with E-state index in [1.807, 2.05) is 0 Å². The summed E-state index contributed by atoms with van der Waals surface area (Å²) < 4.78 is 0. The molecule has 0 spiro atoms. The first-order valence-electron chi connectivity index (χ1n) is 6.55. The molecule has 2 aliphatic rings. The van der Waals surface area contributed by atoms with Gasteiger partial charge in [0, 0.05) is 23.0 Å². The molecule has 2 bridgehead atoms. The number of hydrogen-bond acceptors (Lipinski definition) is 1. The molecule has 88 valence electrons. The largest absolute Gasteiger partial charge is 0.294 e. The van der Waals surface area contributed by atoms with E-state index < -0.39 is 0 Å².